The number of aryl methyl sites for hydroxylation is 1. The van der Waals surface area contributed by atoms with Gasteiger partial charge in [0.25, 0.3) is 0 Å². The molecule has 1 aromatic heterocycles. The molecular formula is C11H19N3O2. The predicted molar refractivity (Wildman–Crippen MR) is 62.1 cm³/mol. The quantitative estimate of drug-likeness (QED) is 0.786. The fraction of sp³-hybridized carbons (Fsp3) is 0.636. The Bertz CT molecular complexity index is 383. The van der Waals surface area contributed by atoms with Gasteiger partial charge in [0.15, 0.2) is 5.69 Å². The van der Waals surface area contributed by atoms with Crippen molar-refractivity contribution in [3.05, 3.63) is 11.3 Å². The first-order chi connectivity index (χ1) is 7.47. The molecule has 90 valence electrons. The van der Waals surface area contributed by atoms with Crippen LogP contribution >= 0.6 is 0 Å². The van der Waals surface area contributed by atoms with E-state index in [4.69, 9.17) is 10.5 Å². The normalized spacial score (nSPS) is 10.8. The maximum Gasteiger partial charge on any atom is 0.359 e. The van der Waals surface area contributed by atoms with Crippen molar-refractivity contribution in [2.75, 3.05) is 12.3 Å². The molecular weight excluding hydrogens is 206 g/mol. The number of esters is 1. The topological polar surface area (TPSA) is 70.1 Å². The first-order valence-corrected chi connectivity index (χ1v) is 5.45. The highest BCUT2D eigenvalue weighted by Crippen LogP contribution is 2.20. The number of anilines is 1. The van der Waals surface area contributed by atoms with E-state index < -0.39 is 5.97 Å². The fourth-order valence-electron chi connectivity index (χ4n) is 1.55. The van der Waals surface area contributed by atoms with E-state index in [9.17, 15) is 4.79 Å². The van der Waals surface area contributed by atoms with Crippen LogP contribution in [0.15, 0.2) is 0 Å². The summed E-state index contributed by atoms with van der Waals surface area (Å²) in [5.74, 6) is 0.557. The van der Waals surface area contributed by atoms with Gasteiger partial charge in [-0.05, 0) is 19.3 Å². The molecule has 0 aliphatic carbocycles. The van der Waals surface area contributed by atoms with Gasteiger partial charge in [-0.25, -0.2) is 4.79 Å². The van der Waals surface area contributed by atoms with Crippen molar-refractivity contribution in [2.24, 2.45) is 13.0 Å². The van der Waals surface area contributed by atoms with Gasteiger partial charge in [-0.3, -0.25) is 4.68 Å². The molecule has 0 saturated heterocycles. The Labute approximate surface area is 95.6 Å². The fourth-order valence-corrected chi connectivity index (χ4v) is 1.55. The summed E-state index contributed by atoms with van der Waals surface area (Å²) < 4.78 is 6.47. The minimum atomic E-state index is -0.398. The van der Waals surface area contributed by atoms with Gasteiger partial charge < -0.3 is 10.5 Å². The molecule has 0 spiro atoms. The summed E-state index contributed by atoms with van der Waals surface area (Å²) in [5, 5.41) is 4.10. The standard InChI is InChI=1S/C11H19N3O2/c1-5-16-11(15)9-8(6-7(2)3)10(12)14(4)13-9/h7H,5-6,12H2,1-4H3. The lowest BCUT2D eigenvalue weighted by Crippen LogP contribution is -2.10. The number of nitrogens with zero attached hydrogens (tertiary/aromatic N) is 2. The second kappa shape index (κ2) is 5.01. The number of rotatable bonds is 4. The van der Waals surface area contributed by atoms with Crippen LogP contribution in [0.2, 0.25) is 0 Å². The summed E-state index contributed by atoms with van der Waals surface area (Å²) in [7, 11) is 1.72. The average molecular weight is 225 g/mol. The van der Waals surface area contributed by atoms with Gasteiger partial charge in [-0.2, -0.15) is 5.10 Å². The maximum atomic E-state index is 11.7. The molecule has 0 bridgehead atoms. The number of nitrogens with two attached hydrogens (primary N) is 1. The molecule has 0 aliphatic heterocycles. The Hall–Kier alpha value is -1.52. The van der Waals surface area contributed by atoms with Crippen molar-refractivity contribution in [2.45, 2.75) is 27.2 Å². The molecule has 16 heavy (non-hydrogen) atoms. The van der Waals surface area contributed by atoms with Crippen molar-refractivity contribution < 1.29 is 9.53 Å². The van der Waals surface area contributed by atoms with E-state index in [2.05, 4.69) is 18.9 Å². The van der Waals surface area contributed by atoms with Crippen LogP contribution in [0.25, 0.3) is 0 Å². The molecule has 0 saturated carbocycles. The molecule has 5 heteroatoms. The van der Waals surface area contributed by atoms with Crippen molar-refractivity contribution >= 4 is 11.8 Å². The van der Waals surface area contributed by atoms with Gasteiger partial charge in [0, 0.05) is 12.6 Å². The molecule has 0 fully saturated rings. The van der Waals surface area contributed by atoms with E-state index in [1.807, 2.05) is 0 Å². The largest absolute Gasteiger partial charge is 0.461 e. The highest BCUT2D eigenvalue weighted by atomic mass is 16.5. The van der Waals surface area contributed by atoms with Crippen LogP contribution < -0.4 is 5.73 Å². The Morgan fingerprint density at radius 2 is 2.19 bits per heavy atom. The summed E-state index contributed by atoms with van der Waals surface area (Å²) >= 11 is 0. The van der Waals surface area contributed by atoms with Crippen LogP contribution in [0.3, 0.4) is 0 Å². The Balaban J connectivity index is 3.07. The SMILES string of the molecule is CCOC(=O)c1nn(C)c(N)c1CC(C)C. The van der Waals surface area contributed by atoms with Crippen LogP contribution in [0.4, 0.5) is 5.82 Å². The molecule has 0 atom stereocenters. The maximum absolute atomic E-state index is 11.7. The molecule has 0 aromatic carbocycles. The smallest absolute Gasteiger partial charge is 0.359 e. The summed E-state index contributed by atoms with van der Waals surface area (Å²) in [4.78, 5) is 11.7. The third-order valence-corrected chi connectivity index (χ3v) is 2.27. The number of carbonyl (C=O) groups is 1. The van der Waals surface area contributed by atoms with Crippen LogP contribution in [0.5, 0.6) is 0 Å². The predicted octanol–water partition coefficient (Wildman–Crippen LogP) is 1.38. The summed E-state index contributed by atoms with van der Waals surface area (Å²) in [6.07, 6.45) is 0.730. The van der Waals surface area contributed by atoms with E-state index in [0.29, 0.717) is 24.0 Å². The van der Waals surface area contributed by atoms with Crippen molar-refractivity contribution in [3.63, 3.8) is 0 Å². The zero-order chi connectivity index (χ0) is 12.3. The Morgan fingerprint density at radius 1 is 1.56 bits per heavy atom. The molecule has 0 unspecified atom stereocenters. The van der Waals surface area contributed by atoms with Gasteiger partial charge in [0.05, 0.1) is 6.61 Å². The third-order valence-electron chi connectivity index (χ3n) is 2.27. The van der Waals surface area contributed by atoms with E-state index in [1.54, 1.807) is 14.0 Å². The molecule has 1 heterocycles. The van der Waals surface area contributed by atoms with E-state index >= 15 is 0 Å². The van der Waals surface area contributed by atoms with Crippen LogP contribution in [-0.2, 0) is 18.2 Å². The highest BCUT2D eigenvalue weighted by molar-refractivity contribution is 5.90. The minimum absolute atomic E-state index is 0.343. The van der Waals surface area contributed by atoms with Gasteiger partial charge in [-0.1, -0.05) is 13.8 Å². The molecule has 0 aliphatic rings. The number of ether oxygens (including phenoxy) is 1. The highest BCUT2D eigenvalue weighted by Gasteiger charge is 2.21. The number of nitrogen functional groups attached to an aromatic ring is 1. The molecule has 1 rings (SSSR count). The van der Waals surface area contributed by atoms with Gasteiger partial charge in [0.2, 0.25) is 0 Å². The third kappa shape index (κ3) is 2.53. The van der Waals surface area contributed by atoms with Crippen LogP contribution in [0.1, 0.15) is 36.8 Å². The molecule has 5 nitrogen and oxygen atoms in total. The monoisotopic (exact) mass is 225 g/mol. The average Bonchev–Trinajstić information content (AvgIpc) is 2.46. The molecule has 2 N–H and O–H groups in total. The lowest BCUT2D eigenvalue weighted by atomic mass is 10.0. The number of hydrogen-bond donors (Lipinski definition) is 1. The Morgan fingerprint density at radius 3 is 2.69 bits per heavy atom. The number of carbonyl (C=O) groups excluding carboxylic acids is 1. The second-order valence-corrected chi connectivity index (χ2v) is 4.15. The van der Waals surface area contributed by atoms with Crippen molar-refractivity contribution in [1.29, 1.82) is 0 Å². The van der Waals surface area contributed by atoms with Crippen LogP contribution in [-0.4, -0.2) is 22.4 Å². The lowest BCUT2D eigenvalue weighted by molar-refractivity contribution is 0.0517. The molecule has 0 radical (unpaired) electrons. The Kier molecular flexibility index (Phi) is 3.93. The first kappa shape index (κ1) is 12.5. The number of hydrogen-bond acceptors (Lipinski definition) is 4. The number of aromatic nitrogens is 2. The van der Waals surface area contributed by atoms with Crippen molar-refractivity contribution in [1.82, 2.24) is 9.78 Å². The van der Waals surface area contributed by atoms with E-state index in [1.165, 1.54) is 4.68 Å². The van der Waals surface area contributed by atoms with Gasteiger partial charge in [-0.15, -0.1) is 0 Å². The minimum Gasteiger partial charge on any atom is -0.461 e. The van der Waals surface area contributed by atoms with E-state index in [0.717, 1.165) is 12.0 Å². The molecule has 0 amide bonds. The van der Waals surface area contributed by atoms with Gasteiger partial charge in [0.1, 0.15) is 5.82 Å². The lowest BCUT2D eigenvalue weighted by Gasteiger charge is -2.06. The first-order valence-electron chi connectivity index (χ1n) is 5.45. The van der Waals surface area contributed by atoms with Gasteiger partial charge >= 0.3 is 5.97 Å². The van der Waals surface area contributed by atoms with Crippen molar-refractivity contribution in [3.8, 4) is 0 Å². The molecule has 1 aromatic rings. The summed E-state index contributed by atoms with van der Waals surface area (Å²) in [6.45, 7) is 6.26. The summed E-state index contributed by atoms with van der Waals surface area (Å²) in [6, 6.07) is 0. The van der Waals surface area contributed by atoms with E-state index in [-0.39, 0.29) is 0 Å². The van der Waals surface area contributed by atoms with Crippen LogP contribution in [0, 0.1) is 5.92 Å². The zero-order valence-corrected chi connectivity index (χ0v) is 10.3. The second-order valence-electron chi connectivity index (χ2n) is 4.15. The summed E-state index contributed by atoms with van der Waals surface area (Å²) in [5.41, 5.74) is 7.01. The zero-order valence-electron chi connectivity index (χ0n) is 10.3.